The number of aromatic nitrogens is 1. The summed E-state index contributed by atoms with van der Waals surface area (Å²) in [6, 6.07) is 7.69. The van der Waals surface area contributed by atoms with E-state index in [4.69, 9.17) is 0 Å². The van der Waals surface area contributed by atoms with Crippen LogP contribution in [-0.2, 0) is 4.79 Å². The van der Waals surface area contributed by atoms with Gasteiger partial charge in [0.1, 0.15) is 0 Å². The highest BCUT2D eigenvalue weighted by molar-refractivity contribution is 14.1. The number of carbonyl (C=O) groups is 1. The Morgan fingerprint density at radius 1 is 1.31 bits per heavy atom. The summed E-state index contributed by atoms with van der Waals surface area (Å²) >= 11 is 2.09. The molecule has 0 bridgehead atoms. The van der Waals surface area contributed by atoms with Gasteiger partial charge in [-0.05, 0) is 22.3 Å². The topological polar surface area (TPSA) is 42.0 Å². The third-order valence-corrected chi connectivity index (χ3v) is 3.28. The van der Waals surface area contributed by atoms with Crippen molar-refractivity contribution in [1.29, 1.82) is 0 Å². The van der Waals surface area contributed by atoms with Crippen LogP contribution in [0.1, 0.15) is 5.56 Å². The zero-order valence-electron chi connectivity index (χ0n) is 8.20. The number of benzene rings is 1. The van der Waals surface area contributed by atoms with Gasteiger partial charge in [0.15, 0.2) is 0 Å². The maximum Gasteiger partial charge on any atom is 0.256 e. The van der Waals surface area contributed by atoms with Gasteiger partial charge in [0, 0.05) is 22.8 Å². The molecule has 1 aromatic carbocycles. The summed E-state index contributed by atoms with van der Waals surface area (Å²) in [5, 5.41) is 3.87. The van der Waals surface area contributed by atoms with E-state index in [0.717, 1.165) is 22.2 Å². The van der Waals surface area contributed by atoms with Gasteiger partial charge in [0.25, 0.3) is 5.91 Å². The Hall–Kier alpha value is -1.43. The molecule has 3 rings (SSSR count). The van der Waals surface area contributed by atoms with Crippen molar-refractivity contribution < 1.29 is 4.79 Å². The summed E-state index contributed by atoms with van der Waals surface area (Å²) < 4.78 is 1.81. The fourth-order valence-corrected chi connectivity index (χ4v) is 2.55. The molecule has 4 heteroatoms. The van der Waals surface area contributed by atoms with Gasteiger partial charge in [0.2, 0.25) is 0 Å². The molecule has 1 aromatic heterocycles. The highest BCUT2D eigenvalue weighted by Gasteiger charge is 2.25. The van der Waals surface area contributed by atoms with Crippen LogP contribution in [0.3, 0.4) is 0 Å². The predicted molar refractivity (Wildman–Crippen MR) is 72.4 cm³/mol. The first-order valence-corrected chi connectivity index (χ1v) is 6.05. The lowest BCUT2D eigenvalue weighted by Crippen LogP contribution is -2.02. The van der Waals surface area contributed by atoms with E-state index >= 15 is 0 Å². The second-order valence-corrected chi connectivity index (χ2v) is 4.16. The number of fused-ring (bicyclic) bond motifs is 3. The Morgan fingerprint density at radius 3 is 3.00 bits per heavy atom. The van der Waals surface area contributed by atoms with Gasteiger partial charge >= 0.3 is 0 Å². The maximum atomic E-state index is 11.7. The molecule has 0 aliphatic carbocycles. The molecule has 0 unspecified atom stereocenters. The molecule has 1 aliphatic heterocycles. The summed E-state index contributed by atoms with van der Waals surface area (Å²) in [4.78, 5) is 16.0. The molecule has 0 fully saturated rings. The number of hydrogen-bond acceptors (Lipinski definition) is 2. The van der Waals surface area contributed by atoms with Crippen LogP contribution in [0.15, 0.2) is 34.5 Å². The lowest BCUT2D eigenvalue weighted by molar-refractivity contribution is -0.110. The van der Waals surface area contributed by atoms with Crippen LogP contribution < -0.4 is 5.32 Å². The molecular weight excluding hydrogens is 315 g/mol. The van der Waals surface area contributed by atoms with Gasteiger partial charge in [-0.25, -0.2) is 0 Å². The predicted octanol–water partition coefficient (Wildman–Crippen LogP) is 2.96. The molecule has 16 heavy (non-hydrogen) atoms. The van der Waals surface area contributed by atoms with Crippen molar-refractivity contribution in [2.45, 2.75) is 0 Å². The number of nitrogens with one attached hydrogen (secondary N) is 1. The van der Waals surface area contributed by atoms with E-state index in [0.29, 0.717) is 5.57 Å². The zero-order valence-corrected chi connectivity index (χ0v) is 10.4. The minimum atomic E-state index is -0.0410. The number of anilines is 1. The summed E-state index contributed by atoms with van der Waals surface area (Å²) in [6.45, 7) is 0. The first-order valence-electron chi connectivity index (χ1n) is 4.81. The van der Waals surface area contributed by atoms with Crippen LogP contribution >= 0.6 is 22.6 Å². The van der Waals surface area contributed by atoms with E-state index in [-0.39, 0.29) is 5.91 Å². The molecule has 0 atom stereocenters. The normalized spacial score (nSPS) is 16.6. The number of carbonyl (C=O) groups excluding carboxylic acids is 1. The molecule has 3 nitrogen and oxygen atoms in total. The summed E-state index contributed by atoms with van der Waals surface area (Å²) in [5.41, 5.74) is 3.46. The molecule has 1 aliphatic rings. The van der Waals surface area contributed by atoms with Gasteiger partial charge in [-0.15, -0.1) is 0 Å². The van der Waals surface area contributed by atoms with E-state index in [1.807, 2.05) is 28.3 Å². The van der Waals surface area contributed by atoms with Gasteiger partial charge < -0.3 is 5.32 Å². The summed E-state index contributed by atoms with van der Waals surface area (Å²) in [6.07, 6.45) is 1.76. The highest BCUT2D eigenvalue weighted by Crippen LogP contribution is 2.37. The number of nitrogens with zero attached hydrogens (tertiary/aromatic N) is 1. The second kappa shape index (κ2) is 3.55. The standard InChI is InChI=1S/C12H7IN2O/c13-6-8-11-7-2-1-5-14-9(7)3-4-10(11)15-12(8)16/h1-6H,(H,15,16)/b8-6-. The Balaban J connectivity index is 2.44. The lowest BCUT2D eigenvalue weighted by Gasteiger charge is -2.03. The third-order valence-electron chi connectivity index (χ3n) is 2.66. The quantitative estimate of drug-likeness (QED) is 0.598. The Labute approximate surface area is 106 Å². The van der Waals surface area contributed by atoms with Gasteiger partial charge in [-0.2, -0.15) is 0 Å². The zero-order chi connectivity index (χ0) is 11.1. The Bertz CT molecular complexity index is 634. The fourth-order valence-electron chi connectivity index (χ4n) is 1.95. The van der Waals surface area contributed by atoms with Gasteiger partial charge in [-0.1, -0.05) is 28.7 Å². The van der Waals surface area contributed by atoms with Crippen LogP contribution in [0.25, 0.3) is 16.5 Å². The average molecular weight is 322 g/mol. The van der Waals surface area contributed by atoms with Crippen LogP contribution in [0.2, 0.25) is 0 Å². The monoisotopic (exact) mass is 322 g/mol. The molecule has 2 heterocycles. The minimum Gasteiger partial charge on any atom is -0.321 e. The second-order valence-electron chi connectivity index (χ2n) is 3.54. The molecular formula is C12H7IN2O. The molecule has 0 saturated carbocycles. The van der Waals surface area contributed by atoms with Gasteiger partial charge in [-0.3, -0.25) is 9.78 Å². The smallest absolute Gasteiger partial charge is 0.256 e. The molecule has 0 saturated heterocycles. The third kappa shape index (κ3) is 1.26. The summed E-state index contributed by atoms with van der Waals surface area (Å²) in [7, 11) is 0. The van der Waals surface area contributed by atoms with Crippen molar-refractivity contribution in [2.75, 3.05) is 5.32 Å². The number of pyridine rings is 1. The number of rotatable bonds is 0. The number of halogens is 1. The van der Waals surface area contributed by atoms with Crippen molar-refractivity contribution in [2.24, 2.45) is 0 Å². The van der Waals surface area contributed by atoms with Crippen molar-refractivity contribution in [3.05, 3.63) is 40.1 Å². The largest absolute Gasteiger partial charge is 0.321 e. The first kappa shape index (κ1) is 9.77. The SMILES string of the molecule is O=C1Nc2ccc3ncccc3c2/C1=C/I. The molecule has 1 amide bonds. The van der Waals surface area contributed by atoms with E-state index in [2.05, 4.69) is 32.9 Å². The van der Waals surface area contributed by atoms with Crippen LogP contribution in [0, 0.1) is 0 Å². The molecule has 78 valence electrons. The molecule has 0 radical (unpaired) electrons. The average Bonchev–Trinajstić information content (AvgIpc) is 2.65. The maximum absolute atomic E-state index is 11.7. The van der Waals surface area contributed by atoms with Crippen molar-refractivity contribution in [3.8, 4) is 0 Å². The van der Waals surface area contributed by atoms with Crippen molar-refractivity contribution in [3.63, 3.8) is 0 Å². The van der Waals surface area contributed by atoms with Crippen LogP contribution in [-0.4, -0.2) is 10.9 Å². The highest BCUT2D eigenvalue weighted by atomic mass is 127. The molecule has 0 spiro atoms. The Morgan fingerprint density at radius 2 is 2.19 bits per heavy atom. The van der Waals surface area contributed by atoms with Gasteiger partial charge in [0.05, 0.1) is 11.1 Å². The van der Waals surface area contributed by atoms with E-state index in [1.54, 1.807) is 6.20 Å². The minimum absolute atomic E-state index is 0.0410. The van der Waals surface area contributed by atoms with E-state index in [1.165, 1.54) is 0 Å². The van der Waals surface area contributed by atoms with Crippen molar-refractivity contribution in [1.82, 2.24) is 4.98 Å². The van der Waals surface area contributed by atoms with E-state index in [9.17, 15) is 4.79 Å². The van der Waals surface area contributed by atoms with Crippen molar-refractivity contribution >= 4 is 50.7 Å². The molecule has 2 aromatic rings. The van der Waals surface area contributed by atoms with E-state index < -0.39 is 0 Å². The number of hydrogen-bond donors (Lipinski definition) is 1. The molecule has 1 N–H and O–H groups in total. The fraction of sp³-hybridized carbons (Fsp3) is 0. The van der Waals surface area contributed by atoms with Crippen LogP contribution in [0.5, 0.6) is 0 Å². The summed E-state index contributed by atoms with van der Waals surface area (Å²) in [5.74, 6) is -0.0410. The Kier molecular flexibility index (Phi) is 2.17. The lowest BCUT2D eigenvalue weighted by atomic mass is 10.0. The van der Waals surface area contributed by atoms with Crippen LogP contribution in [0.4, 0.5) is 5.69 Å². The number of amides is 1. The first-order chi connectivity index (χ1) is 7.81.